The van der Waals surface area contributed by atoms with Crippen molar-refractivity contribution in [2.75, 3.05) is 26.7 Å². The van der Waals surface area contributed by atoms with Crippen LogP contribution in [-0.4, -0.2) is 48.8 Å². The highest BCUT2D eigenvalue weighted by Crippen LogP contribution is 2.20. The van der Waals surface area contributed by atoms with Gasteiger partial charge in [0.15, 0.2) is 0 Å². The zero-order valence-corrected chi connectivity index (χ0v) is 12.8. The van der Waals surface area contributed by atoms with Crippen LogP contribution in [0.3, 0.4) is 0 Å². The van der Waals surface area contributed by atoms with Crippen molar-refractivity contribution in [1.29, 1.82) is 0 Å². The largest absolute Gasteiger partial charge is 0.395 e. The van der Waals surface area contributed by atoms with Gasteiger partial charge in [-0.3, -0.25) is 0 Å². The Morgan fingerprint density at radius 2 is 1.90 bits per heavy atom. The average Bonchev–Trinajstić information content (AvgIpc) is 2.48. The molecule has 1 aromatic rings. The molecule has 3 heteroatoms. The molecule has 2 N–H and O–H groups in total. The summed E-state index contributed by atoms with van der Waals surface area (Å²) in [6.07, 6.45) is 3.41. The Morgan fingerprint density at radius 3 is 2.50 bits per heavy atom. The van der Waals surface area contributed by atoms with Crippen LogP contribution in [0.4, 0.5) is 0 Å². The van der Waals surface area contributed by atoms with Crippen molar-refractivity contribution in [3.63, 3.8) is 0 Å². The first-order chi connectivity index (χ1) is 9.69. The lowest BCUT2D eigenvalue weighted by atomic mass is 9.90. The van der Waals surface area contributed by atoms with Crippen molar-refractivity contribution >= 4 is 0 Å². The monoisotopic (exact) mass is 276 g/mol. The second-order valence-electron chi connectivity index (χ2n) is 6.17. The Balaban J connectivity index is 1.83. The van der Waals surface area contributed by atoms with Crippen molar-refractivity contribution in [3.05, 3.63) is 35.9 Å². The van der Waals surface area contributed by atoms with Gasteiger partial charge in [0.1, 0.15) is 0 Å². The van der Waals surface area contributed by atoms with E-state index in [1.165, 1.54) is 31.5 Å². The van der Waals surface area contributed by atoms with Crippen LogP contribution in [0.25, 0.3) is 0 Å². The van der Waals surface area contributed by atoms with Crippen LogP contribution < -0.4 is 5.32 Å². The number of aliphatic hydroxyl groups is 1. The minimum absolute atomic E-state index is 0.159. The van der Waals surface area contributed by atoms with Crippen molar-refractivity contribution < 1.29 is 5.11 Å². The normalized spacial score (nSPS) is 20.8. The van der Waals surface area contributed by atoms with Gasteiger partial charge in [-0.25, -0.2) is 0 Å². The van der Waals surface area contributed by atoms with E-state index in [4.69, 9.17) is 0 Å². The lowest BCUT2D eigenvalue weighted by molar-refractivity contribution is 0.167. The van der Waals surface area contributed by atoms with Crippen LogP contribution in [0.15, 0.2) is 30.3 Å². The highest BCUT2D eigenvalue weighted by molar-refractivity contribution is 5.16. The quantitative estimate of drug-likeness (QED) is 0.833. The van der Waals surface area contributed by atoms with Gasteiger partial charge in [0.25, 0.3) is 0 Å². The van der Waals surface area contributed by atoms with E-state index in [1.54, 1.807) is 0 Å². The molecule has 0 saturated carbocycles. The summed E-state index contributed by atoms with van der Waals surface area (Å²) in [5.41, 5.74) is 1.29. The van der Waals surface area contributed by atoms with Gasteiger partial charge >= 0.3 is 0 Å². The number of nitrogens with one attached hydrogen (secondary N) is 1. The SMILES string of the molecule is CC(NC(CO)Cc1ccccc1)C1CCN(C)CC1. The molecule has 1 saturated heterocycles. The fourth-order valence-electron chi connectivity index (χ4n) is 3.11. The summed E-state index contributed by atoms with van der Waals surface area (Å²) < 4.78 is 0. The standard InChI is InChI=1S/C17H28N2O/c1-14(16-8-10-19(2)11-9-16)18-17(13-20)12-15-6-4-3-5-7-15/h3-7,14,16-18,20H,8-13H2,1-2H3. The molecule has 1 aromatic carbocycles. The van der Waals surface area contributed by atoms with Crippen molar-refractivity contribution in [1.82, 2.24) is 10.2 Å². The van der Waals surface area contributed by atoms with E-state index in [2.05, 4.69) is 48.5 Å². The van der Waals surface area contributed by atoms with E-state index in [0.29, 0.717) is 6.04 Å². The van der Waals surface area contributed by atoms with Gasteiger partial charge in [-0.1, -0.05) is 30.3 Å². The molecule has 1 aliphatic rings. The predicted octanol–water partition coefficient (Wildman–Crippen LogP) is 1.91. The first-order valence-electron chi connectivity index (χ1n) is 7.78. The molecule has 0 aliphatic carbocycles. The molecular weight excluding hydrogens is 248 g/mol. The van der Waals surface area contributed by atoms with E-state index in [9.17, 15) is 5.11 Å². The molecule has 1 fully saturated rings. The Morgan fingerprint density at radius 1 is 1.25 bits per heavy atom. The molecule has 0 radical (unpaired) electrons. The molecule has 0 spiro atoms. The lowest BCUT2D eigenvalue weighted by Crippen LogP contribution is -2.46. The maximum atomic E-state index is 9.61. The Bertz CT molecular complexity index is 374. The number of rotatable bonds is 6. The Labute approximate surface area is 123 Å². The number of hydrogen-bond acceptors (Lipinski definition) is 3. The van der Waals surface area contributed by atoms with Gasteiger partial charge in [-0.2, -0.15) is 0 Å². The average molecular weight is 276 g/mol. The Kier molecular flexibility index (Phi) is 6.02. The number of aliphatic hydroxyl groups excluding tert-OH is 1. The Hall–Kier alpha value is -0.900. The number of likely N-dealkylation sites (tertiary alicyclic amines) is 1. The molecule has 2 atom stereocenters. The summed E-state index contributed by atoms with van der Waals surface area (Å²) in [4.78, 5) is 2.40. The fourth-order valence-corrected chi connectivity index (χ4v) is 3.11. The smallest absolute Gasteiger partial charge is 0.0587 e. The van der Waals surface area contributed by atoms with Gasteiger partial charge in [-0.05, 0) is 57.8 Å². The lowest BCUT2D eigenvalue weighted by Gasteiger charge is -2.34. The van der Waals surface area contributed by atoms with Crippen LogP contribution in [0, 0.1) is 5.92 Å². The number of piperidine rings is 1. The van der Waals surface area contributed by atoms with Crippen molar-refractivity contribution in [2.45, 2.75) is 38.3 Å². The van der Waals surface area contributed by atoms with Crippen LogP contribution in [0.1, 0.15) is 25.3 Å². The first kappa shape index (κ1) is 15.5. The van der Waals surface area contributed by atoms with E-state index >= 15 is 0 Å². The first-order valence-corrected chi connectivity index (χ1v) is 7.78. The number of benzene rings is 1. The maximum absolute atomic E-state index is 9.61. The highest BCUT2D eigenvalue weighted by atomic mass is 16.3. The van der Waals surface area contributed by atoms with Gasteiger partial charge in [0.2, 0.25) is 0 Å². The molecule has 0 bridgehead atoms. The van der Waals surface area contributed by atoms with Crippen LogP contribution in [-0.2, 0) is 6.42 Å². The molecule has 1 heterocycles. The van der Waals surface area contributed by atoms with Crippen LogP contribution in [0.2, 0.25) is 0 Å². The summed E-state index contributed by atoms with van der Waals surface area (Å²) in [6.45, 7) is 4.85. The zero-order chi connectivity index (χ0) is 14.4. The zero-order valence-electron chi connectivity index (χ0n) is 12.8. The molecule has 3 nitrogen and oxygen atoms in total. The van der Waals surface area contributed by atoms with E-state index in [1.807, 2.05) is 6.07 Å². The summed E-state index contributed by atoms with van der Waals surface area (Å²) >= 11 is 0. The third kappa shape index (κ3) is 4.58. The second kappa shape index (κ2) is 7.77. The predicted molar refractivity (Wildman–Crippen MR) is 83.8 cm³/mol. The third-order valence-electron chi connectivity index (χ3n) is 4.51. The molecule has 2 rings (SSSR count). The molecular formula is C17H28N2O. The van der Waals surface area contributed by atoms with E-state index in [-0.39, 0.29) is 12.6 Å². The maximum Gasteiger partial charge on any atom is 0.0587 e. The molecule has 2 unspecified atom stereocenters. The highest BCUT2D eigenvalue weighted by Gasteiger charge is 2.23. The van der Waals surface area contributed by atoms with Crippen molar-refractivity contribution in [2.24, 2.45) is 5.92 Å². The number of nitrogens with zero attached hydrogens (tertiary/aromatic N) is 1. The summed E-state index contributed by atoms with van der Waals surface area (Å²) in [6, 6.07) is 11.0. The summed E-state index contributed by atoms with van der Waals surface area (Å²) in [7, 11) is 2.19. The minimum atomic E-state index is 0.159. The summed E-state index contributed by atoms with van der Waals surface area (Å²) in [5, 5.41) is 13.2. The van der Waals surface area contributed by atoms with Crippen LogP contribution >= 0.6 is 0 Å². The minimum Gasteiger partial charge on any atom is -0.395 e. The second-order valence-corrected chi connectivity index (χ2v) is 6.17. The van der Waals surface area contributed by atoms with Gasteiger partial charge in [0.05, 0.1) is 6.61 Å². The van der Waals surface area contributed by atoms with Gasteiger partial charge in [0, 0.05) is 12.1 Å². The number of hydrogen-bond donors (Lipinski definition) is 2. The van der Waals surface area contributed by atoms with Gasteiger partial charge < -0.3 is 15.3 Å². The van der Waals surface area contributed by atoms with Crippen LogP contribution in [0.5, 0.6) is 0 Å². The van der Waals surface area contributed by atoms with E-state index < -0.39 is 0 Å². The fraction of sp³-hybridized carbons (Fsp3) is 0.647. The van der Waals surface area contributed by atoms with E-state index in [0.717, 1.165) is 12.3 Å². The molecule has 112 valence electrons. The van der Waals surface area contributed by atoms with Crippen molar-refractivity contribution in [3.8, 4) is 0 Å². The molecule has 1 aliphatic heterocycles. The topological polar surface area (TPSA) is 35.5 Å². The van der Waals surface area contributed by atoms with Gasteiger partial charge in [-0.15, -0.1) is 0 Å². The molecule has 0 aromatic heterocycles. The third-order valence-corrected chi connectivity index (χ3v) is 4.51. The molecule has 20 heavy (non-hydrogen) atoms. The molecule has 0 amide bonds. The summed E-state index contributed by atoms with van der Waals surface area (Å²) in [5.74, 6) is 0.732.